The van der Waals surface area contributed by atoms with E-state index in [1.807, 2.05) is 18.2 Å². The summed E-state index contributed by atoms with van der Waals surface area (Å²) in [4.78, 5) is 2.38. The third-order valence-corrected chi connectivity index (χ3v) is 3.62. The molecule has 4 nitrogen and oxygen atoms in total. The Morgan fingerprint density at radius 3 is 3.00 bits per heavy atom. The average Bonchev–Trinajstić information content (AvgIpc) is 2.86. The van der Waals surface area contributed by atoms with Gasteiger partial charge in [-0.1, -0.05) is 19.1 Å². The molecule has 0 unspecified atom stereocenters. The van der Waals surface area contributed by atoms with Gasteiger partial charge in [0.05, 0.1) is 5.52 Å². The maximum atomic E-state index is 4.35. The van der Waals surface area contributed by atoms with Crippen molar-refractivity contribution in [3.63, 3.8) is 0 Å². The molecule has 2 aromatic rings. The quantitative estimate of drug-likeness (QED) is 0.892. The van der Waals surface area contributed by atoms with Crippen molar-refractivity contribution >= 4 is 16.7 Å². The monoisotopic (exact) mass is 268 g/mol. The highest BCUT2D eigenvalue weighted by atomic mass is 15.2. The number of aromatic nitrogens is 2. The predicted molar refractivity (Wildman–Crippen MR) is 83.4 cm³/mol. The number of hydrogen-bond acceptors (Lipinski definition) is 3. The van der Waals surface area contributed by atoms with Crippen LogP contribution in [0.15, 0.2) is 47.8 Å². The molecule has 0 saturated carbocycles. The molecule has 0 aliphatic carbocycles. The first-order valence-electron chi connectivity index (χ1n) is 7.11. The molecule has 1 aromatic carbocycles. The van der Waals surface area contributed by atoms with Crippen LogP contribution in [0.5, 0.6) is 0 Å². The fourth-order valence-electron chi connectivity index (χ4n) is 2.55. The minimum absolute atomic E-state index is 0.889. The molecule has 0 fully saturated rings. The van der Waals surface area contributed by atoms with Crippen LogP contribution in [0, 0.1) is 0 Å². The van der Waals surface area contributed by atoms with Gasteiger partial charge in [-0.25, -0.2) is 0 Å². The molecular formula is C16H20N4. The molecule has 0 atom stereocenters. The zero-order valence-electron chi connectivity index (χ0n) is 12.0. The molecular weight excluding hydrogens is 248 g/mol. The number of allylic oxidation sites excluding steroid dienone is 2. The van der Waals surface area contributed by atoms with Crippen LogP contribution in [0.2, 0.25) is 0 Å². The molecule has 0 bridgehead atoms. The third-order valence-electron chi connectivity index (χ3n) is 3.62. The van der Waals surface area contributed by atoms with Crippen molar-refractivity contribution in [3.05, 3.63) is 47.8 Å². The maximum Gasteiger partial charge on any atom is 0.160 e. The fourth-order valence-corrected chi connectivity index (χ4v) is 2.55. The second kappa shape index (κ2) is 5.41. The van der Waals surface area contributed by atoms with E-state index in [1.54, 1.807) is 0 Å². The van der Waals surface area contributed by atoms with Crippen LogP contribution in [-0.4, -0.2) is 28.2 Å². The van der Waals surface area contributed by atoms with Gasteiger partial charge in [-0.15, -0.1) is 0 Å². The summed E-state index contributed by atoms with van der Waals surface area (Å²) < 4.78 is 0. The highest BCUT2D eigenvalue weighted by Gasteiger charge is 2.11. The van der Waals surface area contributed by atoms with Crippen molar-refractivity contribution in [2.75, 3.05) is 18.4 Å². The van der Waals surface area contributed by atoms with Crippen LogP contribution < -0.4 is 5.32 Å². The molecule has 0 radical (unpaired) electrons. The van der Waals surface area contributed by atoms with Crippen molar-refractivity contribution < 1.29 is 0 Å². The minimum Gasteiger partial charge on any atom is -0.371 e. The molecule has 2 heterocycles. The Bertz CT molecular complexity index is 666. The number of anilines is 1. The number of hydrogen-bond donors (Lipinski definition) is 2. The molecule has 1 aliphatic heterocycles. The smallest absolute Gasteiger partial charge is 0.160 e. The number of aromatic amines is 1. The lowest BCUT2D eigenvalue weighted by molar-refractivity contribution is 0.375. The lowest BCUT2D eigenvalue weighted by Crippen LogP contribution is -2.26. The molecule has 104 valence electrons. The molecule has 1 aromatic heterocycles. The summed E-state index contributed by atoms with van der Waals surface area (Å²) in [5.74, 6) is 0.889. The second-order valence-corrected chi connectivity index (χ2v) is 5.13. The van der Waals surface area contributed by atoms with Crippen LogP contribution in [-0.2, 0) is 0 Å². The van der Waals surface area contributed by atoms with Crippen molar-refractivity contribution in [1.29, 1.82) is 0 Å². The van der Waals surface area contributed by atoms with E-state index in [0.717, 1.165) is 35.5 Å². The predicted octanol–water partition coefficient (Wildman–Crippen LogP) is 3.49. The van der Waals surface area contributed by atoms with Gasteiger partial charge in [0.1, 0.15) is 0 Å². The number of rotatable bonds is 4. The Hall–Kier alpha value is -2.23. The Morgan fingerprint density at radius 2 is 2.20 bits per heavy atom. The van der Waals surface area contributed by atoms with Gasteiger partial charge >= 0.3 is 0 Å². The summed E-state index contributed by atoms with van der Waals surface area (Å²) in [6.07, 6.45) is 5.57. The Labute approximate surface area is 119 Å². The number of fused-ring (bicyclic) bond motifs is 1. The Morgan fingerprint density at radius 1 is 1.35 bits per heavy atom. The minimum atomic E-state index is 0.889. The van der Waals surface area contributed by atoms with E-state index in [-0.39, 0.29) is 0 Å². The molecule has 0 saturated heterocycles. The maximum absolute atomic E-state index is 4.35. The summed E-state index contributed by atoms with van der Waals surface area (Å²) in [6.45, 7) is 6.44. The van der Waals surface area contributed by atoms with Crippen molar-refractivity contribution in [2.45, 2.75) is 20.3 Å². The Balaban J connectivity index is 1.79. The van der Waals surface area contributed by atoms with Crippen molar-refractivity contribution in [2.24, 2.45) is 0 Å². The SMILES string of the molecule is CCCN1CC=C(Nc2n[nH]c3ccccc23)C=C1C. The van der Waals surface area contributed by atoms with Gasteiger partial charge in [-0.2, -0.15) is 5.10 Å². The van der Waals surface area contributed by atoms with E-state index in [4.69, 9.17) is 0 Å². The molecule has 3 rings (SSSR count). The van der Waals surface area contributed by atoms with E-state index in [0.29, 0.717) is 0 Å². The highest BCUT2D eigenvalue weighted by molar-refractivity contribution is 5.90. The summed E-state index contributed by atoms with van der Waals surface area (Å²) in [6, 6.07) is 8.15. The van der Waals surface area contributed by atoms with Gasteiger partial charge in [0.2, 0.25) is 0 Å². The van der Waals surface area contributed by atoms with Crippen molar-refractivity contribution in [3.8, 4) is 0 Å². The van der Waals surface area contributed by atoms with Gasteiger partial charge in [-0.3, -0.25) is 5.10 Å². The van der Waals surface area contributed by atoms with Crippen LogP contribution in [0.3, 0.4) is 0 Å². The first-order valence-corrected chi connectivity index (χ1v) is 7.11. The first kappa shape index (κ1) is 12.8. The molecule has 0 spiro atoms. The number of nitrogens with one attached hydrogen (secondary N) is 2. The van der Waals surface area contributed by atoms with E-state index in [9.17, 15) is 0 Å². The largest absolute Gasteiger partial charge is 0.371 e. The lowest BCUT2D eigenvalue weighted by atomic mass is 10.2. The summed E-state index contributed by atoms with van der Waals surface area (Å²) >= 11 is 0. The molecule has 1 aliphatic rings. The molecule has 2 N–H and O–H groups in total. The van der Waals surface area contributed by atoms with E-state index < -0.39 is 0 Å². The van der Waals surface area contributed by atoms with Gasteiger partial charge in [0.15, 0.2) is 5.82 Å². The second-order valence-electron chi connectivity index (χ2n) is 5.13. The van der Waals surface area contributed by atoms with Crippen LogP contribution in [0.4, 0.5) is 5.82 Å². The zero-order chi connectivity index (χ0) is 13.9. The standard InChI is InChI=1S/C16H20N4/c1-3-9-20-10-8-13(11-12(20)2)17-16-14-6-4-5-7-15(14)18-19-16/h4-8,11H,3,9-10H2,1-2H3,(H2,17,18,19). The van der Waals surface area contributed by atoms with Crippen LogP contribution >= 0.6 is 0 Å². The topological polar surface area (TPSA) is 44.0 Å². The molecule has 0 amide bonds. The lowest BCUT2D eigenvalue weighted by Gasteiger charge is -2.27. The average molecular weight is 268 g/mol. The van der Waals surface area contributed by atoms with Gasteiger partial charge in [0, 0.05) is 29.9 Å². The first-order chi connectivity index (χ1) is 9.78. The molecule has 4 heteroatoms. The van der Waals surface area contributed by atoms with Gasteiger partial charge in [0.25, 0.3) is 0 Å². The van der Waals surface area contributed by atoms with Crippen LogP contribution in [0.25, 0.3) is 10.9 Å². The number of nitrogens with zero attached hydrogens (tertiary/aromatic N) is 2. The normalized spacial score (nSPS) is 15.2. The summed E-state index contributed by atoms with van der Waals surface area (Å²) in [7, 11) is 0. The number of benzene rings is 1. The summed E-state index contributed by atoms with van der Waals surface area (Å²) in [5, 5.41) is 11.9. The van der Waals surface area contributed by atoms with E-state index >= 15 is 0 Å². The number of para-hydroxylation sites is 1. The van der Waals surface area contributed by atoms with Crippen molar-refractivity contribution in [1.82, 2.24) is 15.1 Å². The van der Waals surface area contributed by atoms with Crippen LogP contribution in [0.1, 0.15) is 20.3 Å². The fraction of sp³-hybridized carbons (Fsp3) is 0.312. The third kappa shape index (κ3) is 2.41. The number of H-pyrrole nitrogens is 1. The van der Waals surface area contributed by atoms with Gasteiger partial charge in [-0.05, 0) is 37.6 Å². The van der Waals surface area contributed by atoms with Gasteiger partial charge < -0.3 is 10.2 Å². The summed E-state index contributed by atoms with van der Waals surface area (Å²) in [5.41, 5.74) is 3.48. The highest BCUT2D eigenvalue weighted by Crippen LogP contribution is 2.23. The zero-order valence-corrected chi connectivity index (χ0v) is 12.0. The van der Waals surface area contributed by atoms with E-state index in [2.05, 4.69) is 52.5 Å². The van der Waals surface area contributed by atoms with E-state index in [1.165, 1.54) is 12.1 Å². The molecule has 20 heavy (non-hydrogen) atoms. The Kier molecular flexibility index (Phi) is 3.46.